The fourth-order valence-corrected chi connectivity index (χ4v) is 2.19. The van der Waals surface area contributed by atoms with Crippen molar-refractivity contribution in [2.45, 2.75) is 19.8 Å². The number of benzene rings is 2. The summed E-state index contributed by atoms with van der Waals surface area (Å²) in [6, 6.07) is 10.9. The second kappa shape index (κ2) is 8.68. The molecule has 132 valence electrons. The van der Waals surface area contributed by atoms with Gasteiger partial charge in [0.25, 0.3) is 11.6 Å². The second-order valence-corrected chi connectivity index (χ2v) is 5.29. The van der Waals surface area contributed by atoms with Crippen molar-refractivity contribution in [2.75, 3.05) is 19.0 Å². The molecule has 0 aliphatic rings. The Morgan fingerprint density at radius 1 is 1.20 bits per heavy atom. The van der Waals surface area contributed by atoms with Crippen LogP contribution in [0.3, 0.4) is 0 Å². The molecule has 2 aromatic rings. The summed E-state index contributed by atoms with van der Waals surface area (Å²) in [6.45, 7) is 2.59. The Bertz CT molecular complexity index is 761. The number of non-ortho nitro benzene ring substituents is 1. The average Bonchev–Trinajstić information content (AvgIpc) is 2.62. The lowest BCUT2D eigenvalue weighted by atomic mass is 10.1. The molecular weight excluding hydrogens is 324 g/mol. The van der Waals surface area contributed by atoms with Crippen molar-refractivity contribution in [3.05, 3.63) is 58.1 Å². The van der Waals surface area contributed by atoms with Gasteiger partial charge >= 0.3 is 0 Å². The predicted octanol–water partition coefficient (Wildman–Crippen LogP) is 4.03. The quantitative estimate of drug-likeness (QED) is 0.443. The molecule has 2 rings (SSSR count). The number of amides is 1. The summed E-state index contributed by atoms with van der Waals surface area (Å²) < 4.78 is 10.8. The van der Waals surface area contributed by atoms with Gasteiger partial charge in [-0.05, 0) is 24.6 Å². The fraction of sp³-hybridized carbons (Fsp3) is 0.278. The molecule has 0 saturated carbocycles. The van der Waals surface area contributed by atoms with Crippen LogP contribution in [0.5, 0.6) is 11.5 Å². The van der Waals surface area contributed by atoms with Gasteiger partial charge in [-0.1, -0.05) is 25.5 Å². The number of nitrogens with zero attached hydrogens (tertiary/aromatic N) is 1. The molecule has 0 fully saturated rings. The number of hydrogen-bond donors (Lipinski definition) is 1. The number of carbonyl (C=O) groups is 1. The Kier molecular flexibility index (Phi) is 6.33. The van der Waals surface area contributed by atoms with E-state index >= 15 is 0 Å². The Hall–Kier alpha value is -3.09. The average molecular weight is 344 g/mol. The highest BCUT2D eigenvalue weighted by Gasteiger charge is 2.16. The number of methoxy groups -OCH3 is 1. The van der Waals surface area contributed by atoms with Gasteiger partial charge in [-0.15, -0.1) is 0 Å². The first kappa shape index (κ1) is 18.3. The van der Waals surface area contributed by atoms with E-state index in [0.29, 0.717) is 23.6 Å². The molecular formula is C18H20N2O5. The Morgan fingerprint density at radius 3 is 2.64 bits per heavy atom. The number of carbonyl (C=O) groups excluding carboxylic acids is 1. The van der Waals surface area contributed by atoms with Crippen molar-refractivity contribution in [1.82, 2.24) is 0 Å². The highest BCUT2D eigenvalue weighted by atomic mass is 16.6. The largest absolute Gasteiger partial charge is 0.494 e. The van der Waals surface area contributed by atoms with Gasteiger partial charge in [-0.25, -0.2) is 0 Å². The van der Waals surface area contributed by atoms with E-state index in [1.165, 1.54) is 25.3 Å². The van der Waals surface area contributed by atoms with Crippen molar-refractivity contribution in [2.24, 2.45) is 0 Å². The number of rotatable bonds is 8. The molecule has 0 aliphatic carbocycles. The van der Waals surface area contributed by atoms with E-state index in [2.05, 4.69) is 12.2 Å². The molecule has 0 unspecified atom stereocenters. The Labute approximate surface area is 145 Å². The molecule has 7 nitrogen and oxygen atoms in total. The highest BCUT2D eigenvalue weighted by molar-refractivity contribution is 6.06. The van der Waals surface area contributed by atoms with Gasteiger partial charge in [0.05, 0.1) is 36.0 Å². The van der Waals surface area contributed by atoms with E-state index in [-0.39, 0.29) is 17.3 Å². The van der Waals surface area contributed by atoms with Crippen LogP contribution in [-0.4, -0.2) is 24.5 Å². The second-order valence-electron chi connectivity index (χ2n) is 5.29. The summed E-state index contributed by atoms with van der Waals surface area (Å²) in [4.78, 5) is 22.9. The van der Waals surface area contributed by atoms with Crippen LogP contribution >= 0.6 is 0 Å². The molecule has 1 N–H and O–H groups in total. The third-order valence-electron chi connectivity index (χ3n) is 3.53. The van der Waals surface area contributed by atoms with Gasteiger partial charge < -0.3 is 14.8 Å². The van der Waals surface area contributed by atoms with E-state index in [1.807, 2.05) is 0 Å². The molecule has 7 heteroatoms. The Balaban J connectivity index is 2.21. The summed E-state index contributed by atoms with van der Waals surface area (Å²) in [5.41, 5.74) is 0.624. The summed E-state index contributed by atoms with van der Waals surface area (Å²) in [6.07, 6.45) is 1.89. The van der Waals surface area contributed by atoms with Gasteiger partial charge in [-0.3, -0.25) is 14.9 Å². The molecule has 0 spiro atoms. The molecule has 2 aromatic carbocycles. The third kappa shape index (κ3) is 4.69. The van der Waals surface area contributed by atoms with Crippen LogP contribution in [0.15, 0.2) is 42.5 Å². The van der Waals surface area contributed by atoms with E-state index in [4.69, 9.17) is 9.47 Å². The van der Waals surface area contributed by atoms with Crippen molar-refractivity contribution < 1.29 is 19.2 Å². The summed E-state index contributed by atoms with van der Waals surface area (Å²) >= 11 is 0. The molecule has 0 aliphatic heterocycles. The van der Waals surface area contributed by atoms with Crippen LogP contribution in [0, 0.1) is 10.1 Å². The Morgan fingerprint density at radius 2 is 1.96 bits per heavy atom. The maximum Gasteiger partial charge on any atom is 0.273 e. The molecule has 0 atom stereocenters. The SMILES string of the molecule is CCCCOc1ccccc1C(=O)Nc1ccc([N+](=O)[O-])cc1OC. The van der Waals surface area contributed by atoms with Crippen molar-refractivity contribution >= 4 is 17.3 Å². The summed E-state index contributed by atoms with van der Waals surface area (Å²) in [5, 5.41) is 13.5. The molecule has 0 aromatic heterocycles. The van der Waals surface area contributed by atoms with E-state index < -0.39 is 4.92 Å². The molecule has 0 radical (unpaired) electrons. The maximum atomic E-state index is 12.6. The van der Waals surface area contributed by atoms with E-state index in [0.717, 1.165) is 12.8 Å². The molecule has 25 heavy (non-hydrogen) atoms. The van der Waals surface area contributed by atoms with Crippen LogP contribution in [0.1, 0.15) is 30.1 Å². The third-order valence-corrected chi connectivity index (χ3v) is 3.53. The van der Waals surface area contributed by atoms with Crippen LogP contribution in [-0.2, 0) is 0 Å². The minimum Gasteiger partial charge on any atom is -0.494 e. The lowest BCUT2D eigenvalue weighted by Gasteiger charge is -2.13. The van der Waals surface area contributed by atoms with Gasteiger partial charge in [0.15, 0.2) is 0 Å². The first-order chi connectivity index (χ1) is 12.1. The van der Waals surface area contributed by atoms with Crippen LogP contribution in [0.25, 0.3) is 0 Å². The van der Waals surface area contributed by atoms with Gasteiger partial charge in [0, 0.05) is 6.07 Å². The van der Waals surface area contributed by atoms with Crippen LogP contribution < -0.4 is 14.8 Å². The van der Waals surface area contributed by atoms with Crippen LogP contribution in [0.4, 0.5) is 11.4 Å². The van der Waals surface area contributed by atoms with E-state index in [9.17, 15) is 14.9 Å². The normalized spacial score (nSPS) is 10.2. The minimum atomic E-state index is -0.523. The molecule has 1 amide bonds. The van der Waals surface area contributed by atoms with Gasteiger partial charge in [0.2, 0.25) is 0 Å². The summed E-state index contributed by atoms with van der Waals surface area (Å²) in [7, 11) is 1.39. The zero-order valence-electron chi connectivity index (χ0n) is 14.2. The number of unbranched alkanes of at least 4 members (excludes halogenated alkanes) is 1. The number of nitro benzene ring substituents is 1. The highest BCUT2D eigenvalue weighted by Crippen LogP contribution is 2.30. The molecule has 0 saturated heterocycles. The summed E-state index contributed by atoms with van der Waals surface area (Å²) in [5.74, 6) is 0.334. The van der Waals surface area contributed by atoms with Gasteiger partial charge in [0.1, 0.15) is 11.5 Å². The van der Waals surface area contributed by atoms with Crippen LogP contribution in [0.2, 0.25) is 0 Å². The van der Waals surface area contributed by atoms with Crippen molar-refractivity contribution in [1.29, 1.82) is 0 Å². The first-order valence-electron chi connectivity index (χ1n) is 7.92. The monoisotopic (exact) mass is 344 g/mol. The predicted molar refractivity (Wildman–Crippen MR) is 94.4 cm³/mol. The standard InChI is InChI=1S/C18H20N2O5/c1-3-4-11-25-16-8-6-5-7-14(16)18(21)19-15-10-9-13(20(22)23)12-17(15)24-2/h5-10,12H,3-4,11H2,1-2H3,(H,19,21). The maximum absolute atomic E-state index is 12.6. The fourth-order valence-electron chi connectivity index (χ4n) is 2.19. The number of ether oxygens (including phenoxy) is 2. The number of hydrogen-bond acceptors (Lipinski definition) is 5. The first-order valence-corrected chi connectivity index (χ1v) is 7.92. The smallest absolute Gasteiger partial charge is 0.273 e. The number of nitrogens with one attached hydrogen (secondary N) is 1. The minimum absolute atomic E-state index is 0.113. The zero-order chi connectivity index (χ0) is 18.2. The molecule has 0 bridgehead atoms. The lowest BCUT2D eigenvalue weighted by Crippen LogP contribution is -2.14. The van der Waals surface area contributed by atoms with E-state index in [1.54, 1.807) is 24.3 Å². The van der Waals surface area contributed by atoms with Gasteiger partial charge in [-0.2, -0.15) is 0 Å². The van der Waals surface area contributed by atoms with Crippen molar-refractivity contribution in [3.63, 3.8) is 0 Å². The molecule has 0 heterocycles. The number of para-hydroxylation sites is 1. The number of nitro groups is 1. The zero-order valence-corrected chi connectivity index (χ0v) is 14.2. The lowest BCUT2D eigenvalue weighted by molar-refractivity contribution is -0.384. The topological polar surface area (TPSA) is 90.7 Å². The van der Waals surface area contributed by atoms with Crippen molar-refractivity contribution in [3.8, 4) is 11.5 Å². The number of anilines is 1.